The monoisotopic (exact) mass is 289 g/mol. The van der Waals surface area contributed by atoms with Crippen molar-refractivity contribution in [3.05, 3.63) is 29.8 Å². The van der Waals surface area contributed by atoms with Crippen molar-refractivity contribution in [1.82, 2.24) is 0 Å². The van der Waals surface area contributed by atoms with E-state index in [0.717, 1.165) is 17.8 Å². The average molecular weight is 289 g/mol. The normalized spacial score (nSPS) is 35.3. The summed E-state index contributed by atoms with van der Waals surface area (Å²) in [5.74, 6) is -1.10. The number of benzene rings is 1. The zero-order valence-electron chi connectivity index (χ0n) is 12.4. The van der Waals surface area contributed by atoms with Crippen LogP contribution in [0.3, 0.4) is 0 Å². The number of fused-ring (bicyclic) bond motifs is 5. The number of methoxy groups -OCH3 is 1. The Morgan fingerprint density at radius 1 is 1.33 bits per heavy atom. The zero-order chi connectivity index (χ0) is 14.8. The number of hydrogen-bond donors (Lipinski definition) is 0. The lowest BCUT2D eigenvalue weighted by Crippen LogP contribution is -2.41. The minimum Gasteiger partial charge on any atom is -0.468 e. The first-order valence-electron chi connectivity index (χ1n) is 7.31. The number of esters is 1. The molecule has 112 valence electrons. The maximum Gasteiger partial charge on any atom is 0.315 e. The molecule has 2 fully saturated rings. The number of carbonyl (C=O) groups excluding carboxylic acids is 1. The lowest BCUT2D eigenvalue weighted by Gasteiger charge is -2.28. The summed E-state index contributed by atoms with van der Waals surface area (Å²) in [7, 11) is 1.44. The van der Waals surface area contributed by atoms with Crippen molar-refractivity contribution in [3.63, 3.8) is 0 Å². The van der Waals surface area contributed by atoms with Gasteiger partial charge < -0.3 is 19.1 Å². The molecule has 0 bridgehead atoms. The van der Waals surface area contributed by atoms with E-state index < -0.39 is 5.79 Å². The van der Waals surface area contributed by atoms with Crippen LogP contribution in [-0.4, -0.2) is 43.7 Å². The Hall–Kier alpha value is -1.59. The average Bonchev–Trinajstić information content (AvgIpc) is 3.03. The molecule has 0 spiro atoms. The molecule has 0 unspecified atom stereocenters. The SMILES string of the molecule is COC(=O)[C@@H]1c2ccccc2N2C[C@H]3OC(C)(C)O[C@H]3[C@H]12. The Labute approximate surface area is 123 Å². The summed E-state index contributed by atoms with van der Waals surface area (Å²) < 4.78 is 17.1. The van der Waals surface area contributed by atoms with Crippen molar-refractivity contribution in [3.8, 4) is 0 Å². The summed E-state index contributed by atoms with van der Waals surface area (Å²) in [6.07, 6.45) is -0.0954. The van der Waals surface area contributed by atoms with E-state index >= 15 is 0 Å². The standard InChI is InChI=1S/C16H19NO4/c1-16(2)20-11-8-17-10-7-5-4-6-9(10)12(15(18)19-3)13(17)14(11)21-16/h4-7,11-14H,8H2,1-3H3/t11-,12-,13+,14-/m1/s1. The molecule has 3 aliphatic rings. The van der Waals surface area contributed by atoms with Gasteiger partial charge in [0.1, 0.15) is 18.1 Å². The minimum absolute atomic E-state index is 0.00510. The van der Waals surface area contributed by atoms with Gasteiger partial charge in [0.25, 0.3) is 0 Å². The summed E-state index contributed by atoms with van der Waals surface area (Å²) >= 11 is 0. The molecule has 0 saturated carbocycles. The second-order valence-electron chi connectivity index (χ2n) is 6.34. The lowest BCUT2D eigenvalue weighted by molar-refractivity contribution is -0.155. The Kier molecular flexibility index (Phi) is 2.63. The molecule has 2 saturated heterocycles. The van der Waals surface area contributed by atoms with Gasteiger partial charge in [-0.1, -0.05) is 18.2 Å². The topological polar surface area (TPSA) is 48.0 Å². The number of para-hydroxylation sites is 1. The van der Waals surface area contributed by atoms with Gasteiger partial charge in [-0.25, -0.2) is 0 Å². The van der Waals surface area contributed by atoms with E-state index in [1.165, 1.54) is 7.11 Å². The maximum absolute atomic E-state index is 12.3. The van der Waals surface area contributed by atoms with Gasteiger partial charge >= 0.3 is 5.97 Å². The fourth-order valence-electron chi connectivity index (χ4n) is 4.00. The molecule has 0 amide bonds. The van der Waals surface area contributed by atoms with Gasteiger partial charge in [-0.3, -0.25) is 4.79 Å². The van der Waals surface area contributed by atoms with E-state index in [4.69, 9.17) is 14.2 Å². The molecule has 3 aliphatic heterocycles. The second-order valence-corrected chi connectivity index (χ2v) is 6.34. The van der Waals surface area contributed by atoms with Gasteiger partial charge in [-0.15, -0.1) is 0 Å². The Morgan fingerprint density at radius 2 is 2.10 bits per heavy atom. The fraction of sp³-hybridized carbons (Fsp3) is 0.562. The van der Waals surface area contributed by atoms with Gasteiger partial charge in [0.2, 0.25) is 0 Å². The first-order chi connectivity index (χ1) is 10.0. The summed E-state index contributed by atoms with van der Waals surface area (Å²) in [5.41, 5.74) is 2.12. The van der Waals surface area contributed by atoms with Crippen molar-refractivity contribution in [1.29, 1.82) is 0 Å². The molecule has 5 heteroatoms. The summed E-state index contributed by atoms with van der Waals surface area (Å²) in [6.45, 7) is 4.60. The van der Waals surface area contributed by atoms with E-state index in [1.54, 1.807) is 0 Å². The first kappa shape index (κ1) is 13.1. The van der Waals surface area contributed by atoms with Gasteiger partial charge in [-0.2, -0.15) is 0 Å². The minimum atomic E-state index is -0.586. The highest BCUT2D eigenvalue weighted by Crippen LogP contribution is 2.50. The van der Waals surface area contributed by atoms with Crippen LogP contribution >= 0.6 is 0 Å². The molecule has 0 aromatic heterocycles. The van der Waals surface area contributed by atoms with Crippen LogP contribution in [-0.2, 0) is 19.0 Å². The van der Waals surface area contributed by atoms with Crippen LogP contribution in [0.5, 0.6) is 0 Å². The van der Waals surface area contributed by atoms with Crippen LogP contribution in [0.1, 0.15) is 25.3 Å². The van der Waals surface area contributed by atoms with Gasteiger partial charge in [0.05, 0.1) is 13.2 Å². The van der Waals surface area contributed by atoms with E-state index in [0.29, 0.717) is 0 Å². The van der Waals surface area contributed by atoms with E-state index in [2.05, 4.69) is 11.0 Å². The lowest BCUT2D eigenvalue weighted by atomic mass is 9.91. The van der Waals surface area contributed by atoms with Crippen molar-refractivity contribution < 1.29 is 19.0 Å². The Balaban J connectivity index is 1.77. The predicted octanol–water partition coefficient (Wildman–Crippen LogP) is 1.67. The van der Waals surface area contributed by atoms with E-state index in [9.17, 15) is 4.79 Å². The van der Waals surface area contributed by atoms with Crippen LogP contribution in [0.15, 0.2) is 24.3 Å². The molecule has 5 nitrogen and oxygen atoms in total. The fourth-order valence-corrected chi connectivity index (χ4v) is 4.00. The third kappa shape index (κ3) is 1.74. The number of hydrogen-bond acceptors (Lipinski definition) is 5. The van der Waals surface area contributed by atoms with E-state index in [-0.39, 0.29) is 30.1 Å². The highest BCUT2D eigenvalue weighted by atomic mass is 16.8. The predicted molar refractivity (Wildman–Crippen MR) is 76.2 cm³/mol. The second kappa shape index (κ2) is 4.21. The third-order valence-corrected chi connectivity index (χ3v) is 4.67. The smallest absolute Gasteiger partial charge is 0.315 e. The quantitative estimate of drug-likeness (QED) is 0.736. The maximum atomic E-state index is 12.3. The molecule has 0 aliphatic carbocycles. The Bertz CT molecular complexity index is 600. The van der Waals surface area contributed by atoms with Gasteiger partial charge in [-0.05, 0) is 25.5 Å². The molecular weight excluding hydrogens is 270 g/mol. The number of rotatable bonds is 1. The van der Waals surface area contributed by atoms with E-state index in [1.807, 2.05) is 32.0 Å². The summed E-state index contributed by atoms with van der Waals surface area (Å²) in [6, 6.07) is 7.98. The molecule has 1 aromatic rings. The molecule has 4 atom stereocenters. The largest absolute Gasteiger partial charge is 0.468 e. The molecule has 1 aromatic carbocycles. The molecule has 3 heterocycles. The van der Waals surface area contributed by atoms with Crippen LogP contribution in [0.4, 0.5) is 5.69 Å². The van der Waals surface area contributed by atoms with Crippen molar-refractivity contribution >= 4 is 11.7 Å². The van der Waals surface area contributed by atoms with Crippen molar-refractivity contribution in [2.45, 2.75) is 43.8 Å². The van der Waals surface area contributed by atoms with Crippen LogP contribution in [0.25, 0.3) is 0 Å². The third-order valence-electron chi connectivity index (χ3n) is 4.67. The van der Waals surface area contributed by atoms with Crippen LogP contribution < -0.4 is 4.90 Å². The number of carbonyl (C=O) groups is 1. The zero-order valence-corrected chi connectivity index (χ0v) is 12.4. The van der Waals surface area contributed by atoms with Gasteiger partial charge in [0, 0.05) is 12.2 Å². The van der Waals surface area contributed by atoms with Crippen molar-refractivity contribution in [2.75, 3.05) is 18.6 Å². The first-order valence-corrected chi connectivity index (χ1v) is 7.31. The van der Waals surface area contributed by atoms with Crippen LogP contribution in [0, 0.1) is 0 Å². The van der Waals surface area contributed by atoms with Crippen LogP contribution in [0.2, 0.25) is 0 Å². The molecule has 4 rings (SSSR count). The molecule has 21 heavy (non-hydrogen) atoms. The summed E-state index contributed by atoms with van der Waals surface area (Å²) in [4.78, 5) is 14.6. The van der Waals surface area contributed by atoms with Crippen molar-refractivity contribution in [2.24, 2.45) is 0 Å². The molecular formula is C16H19NO4. The number of anilines is 1. The van der Waals surface area contributed by atoms with Gasteiger partial charge in [0.15, 0.2) is 5.79 Å². The highest BCUT2D eigenvalue weighted by Gasteiger charge is 2.59. The summed E-state index contributed by atoms with van der Waals surface area (Å²) in [5, 5.41) is 0. The number of ether oxygens (including phenoxy) is 3. The molecule has 0 N–H and O–H groups in total. The molecule has 0 radical (unpaired) electrons. The number of nitrogens with zero attached hydrogens (tertiary/aromatic N) is 1. The highest BCUT2D eigenvalue weighted by molar-refractivity contribution is 5.86. The Morgan fingerprint density at radius 3 is 2.86 bits per heavy atom.